The fraction of sp³-hybridized carbons (Fsp3) is 0.345. The number of hydrogen-bond donors (Lipinski definition) is 1. The van der Waals surface area contributed by atoms with Crippen LogP contribution in [0.1, 0.15) is 55.4 Å². The molecule has 0 aliphatic carbocycles. The molecule has 2 aromatic carbocycles. The van der Waals surface area contributed by atoms with E-state index in [0.717, 1.165) is 33.2 Å². The van der Waals surface area contributed by atoms with Crippen molar-refractivity contribution in [3.05, 3.63) is 71.8 Å². The second-order valence-corrected chi connectivity index (χ2v) is 10.7. The van der Waals surface area contributed by atoms with Gasteiger partial charge in [-0.15, -0.1) is 0 Å². The second-order valence-electron chi connectivity index (χ2n) is 10.7. The lowest BCUT2D eigenvalue weighted by Gasteiger charge is -2.26. The third-order valence-corrected chi connectivity index (χ3v) is 7.22. The number of nitrogens with zero attached hydrogens (tertiary/aromatic N) is 5. The maximum atomic E-state index is 13.3. The molecule has 3 aromatic heterocycles. The first kappa shape index (κ1) is 23.9. The van der Waals surface area contributed by atoms with Gasteiger partial charge in [0.2, 0.25) is 0 Å². The van der Waals surface area contributed by atoms with Crippen LogP contribution in [0, 0.1) is 0 Å². The Morgan fingerprint density at radius 2 is 1.78 bits per heavy atom. The Balaban J connectivity index is 1.41. The lowest BCUT2D eigenvalue weighted by molar-refractivity contribution is 0.0941. The SMILES string of the molecule is CC(C)c1ccc2c(c1)c(C(=O)NCC(C)(C)c1cc3ccc(-c4cnn(C)c4)cc3n1C)nn2C. The van der Waals surface area contributed by atoms with Crippen molar-refractivity contribution in [2.45, 2.75) is 39.0 Å². The average Bonchev–Trinajstić information content (AvgIpc) is 3.53. The summed E-state index contributed by atoms with van der Waals surface area (Å²) in [5.41, 5.74) is 6.90. The van der Waals surface area contributed by atoms with Gasteiger partial charge >= 0.3 is 0 Å². The third-order valence-electron chi connectivity index (χ3n) is 7.22. The lowest BCUT2D eigenvalue weighted by Crippen LogP contribution is -2.38. The first-order valence-corrected chi connectivity index (χ1v) is 12.4. The standard InChI is InChI=1S/C29H34N6O/c1-18(2)19-10-11-24-23(12-19)27(32-35(24)7)28(36)30-17-29(3,4)26-14-21-9-8-20(13-25(21)34(26)6)22-15-31-33(5)16-22/h8-16,18H,17H2,1-7H3,(H,30,36). The zero-order valence-corrected chi connectivity index (χ0v) is 22.1. The van der Waals surface area contributed by atoms with Gasteiger partial charge in [-0.05, 0) is 46.7 Å². The molecule has 7 heteroatoms. The minimum atomic E-state index is -0.286. The van der Waals surface area contributed by atoms with Crippen molar-refractivity contribution in [1.29, 1.82) is 0 Å². The predicted octanol–water partition coefficient (Wildman–Crippen LogP) is 5.30. The van der Waals surface area contributed by atoms with E-state index in [0.29, 0.717) is 18.2 Å². The van der Waals surface area contributed by atoms with Crippen LogP contribution < -0.4 is 5.32 Å². The van der Waals surface area contributed by atoms with E-state index in [1.54, 1.807) is 4.68 Å². The number of carbonyl (C=O) groups is 1. The van der Waals surface area contributed by atoms with Gasteiger partial charge in [-0.25, -0.2) is 0 Å². The minimum absolute atomic E-state index is 0.146. The van der Waals surface area contributed by atoms with Gasteiger partial charge in [0.05, 0.1) is 11.7 Å². The molecule has 1 amide bonds. The zero-order valence-electron chi connectivity index (χ0n) is 22.1. The summed E-state index contributed by atoms with van der Waals surface area (Å²) in [5, 5.41) is 14.1. The predicted molar refractivity (Wildman–Crippen MR) is 145 cm³/mol. The molecule has 3 heterocycles. The second kappa shape index (κ2) is 8.66. The van der Waals surface area contributed by atoms with E-state index in [1.807, 2.05) is 37.2 Å². The van der Waals surface area contributed by atoms with Gasteiger partial charge in [-0.3, -0.25) is 14.2 Å². The minimum Gasteiger partial charge on any atom is -0.350 e. The maximum Gasteiger partial charge on any atom is 0.272 e. The Labute approximate surface area is 211 Å². The highest BCUT2D eigenvalue weighted by Gasteiger charge is 2.27. The van der Waals surface area contributed by atoms with Crippen LogP contribution in [0.5, 0.6) is 0 Å². The van der Waals surface area contributed by atoms with Crippen molar-refractivity contribution in [2.24, 2.45) is 21.1 Å². The molecular formula is C29H34N6O. The molecule has 0 saturated heterocycles. The average molecular weight is 483 g/mol. The van der Waals surface area contributed by atoms with E-state index in [9.17, 15) is 4.79 Å². The number of rotatable bonds is 6. The Morgan fingerprint density at radius 1 is 1.00 bits per heavy atom. The Hall–Kier alpha value is -3.87. The maximum absolute atomic E-state index is 13.3. The molecule has 0 spiro atoms. The molecule has 186 valence electrons. The fourth-order valence-electron chi connectivity index (χ4n) is 5.01. The van der Waals surface area contributed by atoms with E-state index in [2.05, 4.69) is 91.2 Å². The van der Waals surface area contributed by atoms with Crippen molar-refractivity contribution in [3.63, 3.8) is 0 Å². The number of benzene rings is 2. The zero-order chi connectivity index (χ0) is 25.8. The van der Waals surface area contributed by atoms with Gasteiger partial charge in [0.1, 0.15) is 0 Å². The number of carbonyl (C=O) groups excluding carboxylic acids is 1. The fourth-order valence-corrected chi connectivity index (χ4v) is 5.01. The molecule has 0 unspecified atom stereocenters. The molecule has 5 rings (SSSR count). The van der Waals surface area contributed by atoms with E-state index in [1.165, 1.54) is 10.9 Å². The summed E-state index contributed by atoms with van der Waals surface area (Å²) >= 11 is 0. The summed E-state index contributed by atoms with van der Waals surface area (Å²) < 4.78 is 5.83. The molecule has 0 aliphatic rings. The van der Waals surface area contributed by atoms with E-state index in [-0.39, 0.29) is 11.3 Å². The van der Waals surface area contributed by atoms with Gasteiger partial charge in [-0.1, -0.05) is 45.9 Å². The number of nitrogens with one attached hydrogen (secondary N) is 1. The molecule has 36 heavy (non-hydrogen) atoms. The summed E-state index contributed by atoms with van der Waals surface area (Å²) in [4.78, 5) is 13.3. The molecule has 0 radical (unpaired) electrons. The summed E-state index contributed by atoms with van der Waals surface area (Å²) in [7, 11) is 5.90. The summed E-state index contributed by atoms with van der Waals surface area (Å²) in [6.45, 7) is 9.13. The monoisotopic (exact) mass is 482 g/mol. The summed E-state index contributed by atoms with van der Waals surface area (Å²) in [6.07, 6.45) is 3.91. The van der Waals surface area contributed by atoms with Gasteiger partial charge < -0.3 is 9.88 Å². The lowest BCUT2D eigenvalue weighted by atomic mass is 9.89. The quantitative estimate of drug-likeness (QED) is 0.357. The van der Waals surface area contributed by atoms with Crippen molar-refractivity contribution < 1.29 is 4.79 Å². The molecule has 0 atom stereocenters. The van der Waals surface area contributed by atoms with E-state index < -0.39 is 0 Å². The van der Waals surface area contributed by atoms with Crippen molar-refractivity contribution in [3.8, 4) is 11.1 Å². The number of fused-ring (bicyclic) bond motifs is 2. The van der Waals surface area contributed by atoms with Crippen LogP contribution in [-0.4, -0.2) is 36.6 Å². The Morgan fingerprint density at radius 3 is 2.47 bits per heavy atom. The Bertz CT molecular complexity index is 1600. The molecule has 0 aliphatic heterocycles. The van der Waals surface area contributed by atoms with Crippen LogP contribution in [0.25, 0.3) is 32.9 Å². The normalized spacial score (nSPS) is 12.2. The molecule has 1 N–H and O–H groups in total. The largest absolute Gasteiger partial charge is 0.350 e. The molecule has 0 saturated carbocycles. The summed E-state index contributed by atoms with van der Waals surface area (Å²) in [6, 6.07) is 15.0. The smallest absolute Gasteiger partial charge is 0.272 e. The first-order valence-electron chi connectivity index (χ1n) is 12.4. The highest BCUT2D eigenvalue weighted by Crippen LogP contribution is 2.32. The Kier molecular flexibility index (Phi) is 5.74. The molecule has 5 aromatic rings. The van der Waals surface area contributed by atoms with E-state index in [4.69, 9.17) is 0 Å². The van der Waals surface area contributed by atoms with Crippen LogP contribution in [0.2, 0.25) is 0 Å². The molecule has 0 bridgehead atoms. The number of aromatic nitrogens is 5. The van der Waals surface area contributed by atoms with Crippen LogP contribution in [0.15, 0.2) is 54.9 Å². The topological polar surface area (TPSA) is 69.7 Å². The molecule has 0 fully saturated rings. The summed E-state index contributed by atoms with van der Waals surface area (Å²) in [5.74, 6) is 0.238. The van der Waals surface area contributed by atoms with Crippen LogP contribution >= 0.6 is 0 Å². The van der Waals surface area contributed by atoms with Gasteiger partial charge in [0, 0.05) is 61.5 Å². The van der Waals surface area contributed by atoms with Gasteiger partial charge in [-0.2, -0.15) is 10.2 Å². The van der Waals surface area contributed by atoms with Crippen LogP contribution in [0.3, 0.4) is 0 Å². The highest BCUT2D eigenvalue weighted by atomic mass is 16.1. The van der Waals surface area contributed by atoms with Crippen LogP contribution in [0.4, 0.5) is 0 Å². The molecular weight excluding hydrogens is 448 g/mol. The van der Waals surface area contributed by atoms with Crippen molar-refractivity contribution >= 4 is 27.7 Å². The van der Waals surface area contributed by atoms with Gasteiger partial charge in [0.15, 0.2) is 5.69 Å². The first-order chi connectivity index (χ1) is 17.0. The number of amides is 1. The number of aryl methyl sites for hydroxylation is 3. The van der Waals surface area contributed by atoms with E-state index >= 15 is 0 Å². The highest BCUT2D eigenvalue weighted by molar-refractivity contribution is 6.05. The van der Waals surface area contributed by atoms with Crippen LogP contribution in [-0.2, 0) is 26.6 Å². The molecule has 7 nitrogen and oxygen atoms in total. The third kappa shape index (κ3) is 4.08. The van der Waals surface area contributed by atoms with Crippen molar-refractivity contribution in [1.82, 2.24) is 29.4 Å². The number of hydrogen-bond acceptors (Lipinski definition) is 3. The van der Waals surface area contributed by atoms with Crippen molar-refractivity contribution in [2.75, 3.05) is 6.54 Å². The van der Waals surface area contributed by atoms with Gasteiger partial charge in [0.25, 0.3) is 5.91 Å².